The molecule has 0 heterocycles. The third kappa shape index (κ3) is 3.78. The van der Waals surface area contributed by atoms with Crippen molar-refractivity contribution in [2.45, 2.75) is 0 Å². The van der Waals surface area contributed by atoms with Crippen LogP contribution in [0.25, 0.3) is 22.8 Å². The first-order chi connectivity index (χ1) is 16.5. The highest BCUT2D eigenvalue weighted by molar-refractivity contribution is 6.26. The second kappa shape index (κ2) is 8.60. The molecule has 6 nitrogen and oxygen atoms in total. The van der Waals surface area contributed by atoms with E-state index in [0.717, 1.165) is 33.4 Å². The molecule has 0 N–H and O–H groups in total. The first kappa shape index (κ1) is 21.0. The minimum Gasteiger partial charge on any atom is -0.258 e. The van der Waals surface area contributed by atoms with E-state index in [9.17, 15) is 20.2 Å². The van der Waals surface area contributed by atoms with Gasteiger partial charge in [0.25, 0.3) is 11.4 Å². The summed E-state index contributed by atoms with van der Waals surface area (Å²) >= 11 is 0. The Labute approximate surface area is 195 Å². The van der Waals surface area contributed by atoms with Crippen molar-refractivity contribution < 1.29 is 9.85 Å². The average molecular weight is 446 g/mol. The van der Waals surface area contributed by atoms with Crippen molar-refractivity contribution in [2.24, 2.45) is 0 Å². The summed E-state index contributed by atoms with van der Waals surface area (Å²) in [4.78, 5) is 22.2. The Morgan fingerprint density at radius 1 is 0.618 bits per heavy atom. The molecule has 0 radical (unpaired) electrons. The Morgan fingerprint density at radius 2 is 1.24 bits per heavy atom. The molecule has 0 unspecified atom stereocenters. The van der Waals surface area contributed by atoms with E-state index in [1.807, 2.05) is 72.8 Å². The zero-order chi connectivity index (χ0) is 23.7. The fourth-order valence-electron chi connectivity index (χ4n) is 4.34. The van der Waals surface area contributed by atoms with Crippen molar-refractivity contribution in [1.82, 2.24) is 0 Å². The lowest BCUT2D eigenvalue weighted by atomic mass is 9.85. The summed E-state index contributed by atoms with van der Waals surface area (Å²) in [5, 5.41) is 23.0. The number of hydrogen-bond donors (Lipinski definition) is 0. The van der Waals surface area contributed by atoms with Crippen LogP contribution in [-0.2, 0) is 0 Å². The summed E-state index contributed by atoms with van der Waals surface area (Å²) in [6.07, 6.45) is 2.02. The number of hydrogen-bond acceptors (Lipinski definition) is 4. The number of nitro groups is 2. The largest absolute Gasteiger partial charge is 0.270 e. The Balaban J connectivity index is 1.85. The molecule has 1 aliphatic carbocycles. The highest BCUT2D eigenvalue weighted by Gasteiger charge is 2.26. The van der Waals surface area contributed by atoms with Gasteiger partial charge < -0.3 is 0 Å². The van der Waals surface area contributed by atoms with Crippen LogP contribution >= 0.6 is 0 Å². The number of allylic oxidation sites excluding steroid dienone is 2. The molecule has 0 amide bonds. The lowest BCUT2D eigenvalue weighted by molar-refractivity contribution is -0.385. The Kier molecular flexibility index (Phi) is 5.32. The number of non-ortho nitro benzene ring substituents is 2. The molecule has 0 aromatic heterocycles. The minimum atomic E-state index is -0.409. The van der Waals surface area contributed by atoms with Gasteiger partial charge in [-0.3, -0.25) is 20.2 Å². The molecular formula is C28H18N2O4. The second-order valence-corrected chi connectivity index (χ2v) is 7.88. The standard InChI is InChI=1S/C28H18N2O4/c31-29(32)23-13-6-11-20(16-23)26-18-21-10-4-5-15-25(21)28(26)27(19-8-2-1-3-9-19)22-12-7-14-24(17-22)30(33)34/h1-18H/b28-27-. The van der Waals surface area contributed by atoms with Crippen molar-refractivity contribution in [3.8, 4) is 0 Å². The fourth-order valence-corrected chi connectivity index (χ4v) is 4.34. The van der Waals surface area contributed by atoms with Gasteiger partial charge in [-0.05, 0) is 50.6 Å². The number of fused-ring (bicyclic) bond motifs is 1. The van der Waals surface area contributed by atoms with Crippen LogP contribution in [0.2, 0.25) is 0 Å². The van der Waals surface area contributed by atoms with E-state index < -0.39 is 9.85 Å². The number of nitrogens with zero attached hydrogens (tertiary/aromatic N) is 2. The SMILES string of the molecule is O=[N+]([O-])c1cccc(C2=Cc3ccccc3/C2=C(\c2ccccc2)c2cccc([N+](=O)[O-])c2)c1. The van der Waals surface area contributed by atoms with Crippen molar-refractivity contribution in [1.29, 1.82) is 0 Å². The van der Waals surface area contributed by atoms with Gasteiger partial charge in [0, 0.05) is 24.3 Å². The van der Waals surface area contributed by atoms with Gasteiger partial charge in [0.1, 0.15) is 0 Å². The summed E-state index contributed by atoms with van der Waals surface area (Å²) in [5.74, 6) is 0. The van der Waals surface area contributed by atoms with Crippen LogP contribution in [0, 0.1) is 20.2 Å². The van der Waals surface area contributed by atoms with E-state index in [4.69, 9.17) is 0 Å². The van der Waals surface area contributed by atoms with E-state index in [2.05, 4.69) is 0 Å². The van der Waals surface area contributed by atoms with Crippen LogP contribution < -0.4 is 0 Å². The van der Waals surface area contributed by atoms with E-state index in [-0.39, 0.29) is 11.4 Å². The maximum Gasteiger partial charge on any atom is 0.270 e. The van der Waals surface area contributed by atoms with Crippen LogP contribution in [0.5, 0.6) is 0 Å². The summed E-state index contributed by atoms with van der Waals surface area (Å²) < 4.78 is 0. The van der Waals surface area contributed by atoms with Crippen LogP contribution in [-0.4, -0.2) is 9.85 Å². The molecule has 6 heteroatoms. The molecule has 4 aromatic rings. The molecule has 0 bridgehead atoms. The molecule has 0 spiro atoms. The van der Waals surface area contributed by atoms with Crippen LogP contribution in [0.1, 0.15) is 27.8 Å². The topological polar surface area (TPSA) is 86.3 Å². The first-order valence-corrected chi connectivity index (χ1v) is 10.6. The second-order valence-electron chi connectivity index (χ2n) is 7.88. The van der Waals surface area contributed by atoms with E-state index in [1.165, 1.54) is 12.1 Å². The zero-order valence-corrected chi connectivity index (χ0v) is 17.9. The molecule has 1 aliphatic rings. The molecule has 0 saturated carbocycles. The van der Waals surface area contributed by atoms with Crippen LogP contribution in [0.4, 0.5) is 11.4 Å². The Hall–Kier alpha value is -4.84. The predicted octanol–water partition coefficient (Wildman–Crippen LogP) is 7.02. The Bertz CT molecular complexity index is 1500. The van der Waals surface area contributed by atoms with Crippen LogP contribution in [0.15, 0.2) is 103 Å². The number of rotatable bonds is 5. The van der Waals surface area contributed by atoms with Crippen molar-refractivity contribution in [3.63, 3.8) is 0 Å². The normalized spacial score (nSPS) is 13.7. The highest BCUT2D eigenvalue weighted by Crippen LogP contribution is 2.47. The number of benzene rings is 4. The zero-order valence-electron chi connectivity index (χ0n) is 17.9. The molecule has 34 heavy (non-hydrogen) atoms. The summed E-state index contributed by atoms with van der Waals surface area (Å²) in [7, 11) is 0. The van der Waals surface area contributed by atoms with E-state index in [1.54, 1.807) is 24.3 Å². The van der Waals surface area contributed by atoms with Gasteiger partial charge >= 0.3 is 0 Å². The minimum absolute atomic E-state index is 0.00121. The van der Waals surface area contributed by atoms with Gasteiger partial charge in [0.15, 0.2) is 0 Å². The van der Waals surface area contributed by atoms with Gasteiger partial charge in [-0.25, -0.2) is 0 Å². The molecule has 0 atom stereocenters. The maximum absolute atomic E-state index is 11.5. The molecule has 164 valence electrons. The lowest BCUT2D eigenvalue weighted by Gasteiger charge is -2.17. The number of nitro benzene ring substituents is 2. The third-order valence-corrected chi connectivity index (χ3v) is 5.83. The first-order valence-electron chi connectivity index (χ1n) is 10.6. The van der Waals surface area contributed by atoms with Gasteiger partial charge in [0.05, 0.1) is 9.85 Å². The molecule has 5 rings (SSSR count). The van der Waals surface area contributed by atoms with Crippen LogP contribution in [0.3, 0.4) is 0 Å². The Morgan fingerprint density at radius 3 is 1.97 bits per heavy atom. The monoisotopic (exact) mass is 446 g/mol. The maximum atomic E-state index is 11.5. The van der Waals surface area contributed by atoms with Gasteiger partial charge in [0.2, 0.25) is 0 Å². The molecule has 0 saturated heterocycles. The van der Waals surface area contributed by atoms with Gasteiger partial charge in [-0.1, -0.05) is 78.9 Å². The van der Waals surface area contributed by atoms with E-state index in [0.29, 0.717) is 11.1 Å². The molecular weight excluding hydrogens is 428 g/mol. The summed E-state index contributed by atoms with van der Waals surface area (Å²) in [6.45, 7) is 0. The quantitative estimate of drug-likeness (QED) is 0.244. The van der Waals surface area contributed by atoms with Gasteiger partial charge in [-0.2, -0.15) is 0 Å². The molecule has 4 aromatic carbocycles. The average Bonchev–Trinajstić information content (AvgIpc) is 3.24. The van der Waals surface area contributed by atoms with E-state index >= 15 is 0 Å². The third-order valence-electron chi connectivity index (χ3n) is 5.83. The summed E-state index contributed by atoms with van der Waals surface area (Å²) in [6, 6.07) is 30.7. The summed E-state index contributed by atoms with van der Waals surface area (Å²) in [5.41, 5.74) is 6.79. The van der Waals surface area contributed by atoms with Crippen molar-refractivity contribution >= 4 is 34.2 Å². The van der Waals surface area contributed by atoms with Crippen molar-refractivity contribution in [2.75, 3.05) is 0 Å². The molecule has 0 fully saturated rings. The molecule has 0 aliphatic heterocycles. The highest BCUT2D eigenvalue weighted by atomic mass is 16.6. The fraction of sp³-hybridized carbons (Fsp3) is 0. The van der Waals surface area contributed by atoms with Crippen molar-refractivity contribution in [3.05, 3.63) is 151 Å². The smallest absolute Gasteiger partial charge is 0.258 e. The predicted molar refractivity (Wildman–Crippen MR) is 133 cm³/mol. The lowest BCUT2D eigenvalue weighted by Crippen LogP contribution is -1.98. The van der Waals surface area contributed by atoms with Gasteiger partial charge in [-0.15, -0.1) is 0 Å².